The average molecular weight is 345 g/mol. The van der Waals surface area contributed by atoms with Crippen LogP contribution >= 0.6 is 15.9 Å². The standard InChI is InChI=1S/C14H18BrFN2O2/c15-12-8-11(2-3-13(12)16)9-17-4-1-5-18(7-6-17)10-14(19)20/h2-3,8H,1,4-7,9-10H2,(H,19,20). The van der Waals surface area contributed by atoms with Gasteiger partial charge >= 0.3 is 5.97 Å². The van der Waals surface area contributed by atoms with E-state index in [9.17, 15) is 9.18 Å². The molecule has 1 saturated heterocycles. The van der Waals surface area contributed by atoms with Gasteiger partial charge in [-0.25, -0.2) is 4.39 Å². The third-order valence-electron chi connectivity index (χ3n) is 3.43. The van der Waals surface area contributed by atoms with Crippen LogP contribution in [0.15, 0.2) is 22.7 Å². The van der Waals surface area contributed by atoms with Gasteiger partial charge in [0, 0.05) is 26.2 Å². The Morgan fingerprint density at radius 2 is 1.95 bits per heavy atom. The number of carboxylic acids is 1. The summed E-state index contributed by atoms with van der Waals surface area (Å²) in [6, 6.07) is 5.06. The Bertz CT molecular complexity index is 484. The highest BCUT2D eigenvalue weighted by atomic mass is 79.9. The second-order valence-corrected chi connectivity index (χ2v) is 5.90. The largest absolute Gasteiger partial charge is 0.480 e. The second-order valence-electron chi connectivity index (χ2n) is 5.05. The highest BCUT2D eigenvalue weighted by Crippen LogP contribution is 2.18. The van der Waals surface area contributed by atoms with Crippen LogP contribution in [-0.4, -0.2) is 53.6 Å². The molecule has 6 heteroatoms. The fraction of sp³-hybridized carbons (Fsp3) is 0.500. The molecule has 1 aliphatic rings. The lowest BCUT2D eigenvalue weighted by atomic mass is 10.2. The molecule has 0 saturated carbocycles. The van der Waals surface area contributed by atoms with Crippen LogP contribution in [0.4, 0.5) is 4.39 Å². The normalized spacial score (nSPS) is 17.9. The number of hydrogen-bond donors (Lipinski definition) is 1. The van der Waals surface area contributed by atoms with Gasteiger partial charge in [-0.1, -0.05) is 6.07 Å². The maximum absolute atomic E-state index is 13.2. The van der Waals surface area contributed by atoms with Crippen LogP contribution in [0.25, 0.3) is 0 Å². The lowest BCUT2D eigenvalue weighted by Gasteiger charge is -2.21. The summed E-state index contributed by atoms with van der Waals surface area (Å²) in [5.74, 6) is -1.03. The van der Waals surface area contributed by atoms with E-state index in [0.29, 0.717) is 4.47 Å². The van der Waals surface area contributed by atoms with E-state index in [1.807, 2.05) is 4.90 Å². The van der Waals surface area contributed by atoms with Crippen molar-refractivity contribution in [3.8, 4) is 0 Å². The van der Waals surface area contributed by atoms with Gasteiger partial charge in [-0.3, -0.25) is 14.6 Å². The first-order valence-electron chi connectivity index (χ1n) is 6.65. The molecule has 1 aromatic carbocycles. The topological polar surface area (TPSA) is 43.8 Å². The Morgan fingerprint density at radius 1 is 1.25 bits per heavy atom. The van der Waals surface area contributed by atoms with Gasteiger partial charge in [-0.15, -0.1) is 0 Å². The van der Waals surface area contributed by atoms with Gasteiger partial charge in [0.15, 0.2) is 0 Å². The van der Waals surface area contributed by atoms with Crippen LogP contribution in [0.2, 0.25) is 0 Å². The molecule has 4 nitrogen and oxygen atoms in total. The zero-order valence-corrected chi connectivity index (χ0v) is 12.8. The number of halogens is 2. The van der Waals surface area contributed by atoms with Crippen LogP contribution in [0.1, 0.15) is 12.0 Å². The summed E-state index contributed by atoms with van der Waals surface area (Å²) in [5.41, 5.74) is 1.06. The van der Waals surface area contributed by atoms with Gasteiger partial charge < -0.3 is 5.11 Å². The average Bonchev–Trinajstić information content (AvgIpc) is 2.59. The zero-order valence-electron chi connectivity index (χ0n) is 11.2. The maximum atomic E-state index is 13.2. The van der Waals surface area contributed by atoms with E-state index in [4.69, 9.17) is 5.11 Å². The van der Waals surface area contributed by atoms with E-state index in [0.717, 1.165) is 44.7 Å². The van der Waals surface area contributed by atoms with E-state index in [1.54, 1.807) is 12.1 Å². The van der Waals surface area contributed by atoms with Crippen molar-refractivity contribution in [2.75, 3.05) is 32.7 Å². The molecule has 0 radical (unpaired) electrons. The number of carbonyl (C=O) groups is 1. The van der Waals surface area contributed by atoms with E-state index in [1.165, 1.54) is 6.07 Å². The van der Waals surface area contributed by atoms with Crippen molar-refractivity contribution in [1.29, 1.82) is 0 Å². The molecule has 1 aromatic rings. The number of benzene rings is 1. The fourth-order valence-corrected chi connectivity index (χ4v) is 2.85. The van der Waals surface area contributed by atoms with Crippen LogP contribution in [0.3, 0.4) is 0 Å². The molecular weight excluding hydrogens is 327 g/mol. The van der Waals surface area contributed by atoms with Crippen molar-refractivity contribution in [2.24, 2.45) is 0 Å². The van der Waals surface area contributed by atoms with Gasteiger partial charge in [0.2, 0.25) is 0 Å². The number of carboxylic acid groups (broad SMARTS) is 1. The number of hydrogen-bond acceptors (Lipinski definition) is 3. The summed E-state index contributed by atoms with van der Waals surface area (Å²) in [6.07, 6.45) is 0.954. The maximum Gasteiger partial charge on any atom is 0.317 e. The Labute approximate surface area is 126 Å². The molecule has 0 amide bonds. The van der Waals surface area contributed by atoms with Crippen LogP contribution in [0, 0.1) is 5.82 Å². The van der Waals surface area contributed by atoms with Crippen molar-refractivity contribution in [1.82, 2.24) is 9.80 Å². The lowest BCUT2D eigenvalue weighted by Crippen LogP contribution is -2.34. The summed E-state index contributed by atoms with van der Waals surface area (Å²) in [4.78, 5) is 15.0. The molecule has 1 heterocycles. The van der Waals surface area contributed by atoms with Gasteiger partial charge in [-0.2, -0.15) is 0 Å². The molecule has 1 aliphatic heterocycles. The molecular formula is C14H18BrFN2O2. The first-order chi connectivity index (χ1) is 9.54. The summed E-state index contributed by atoms with van der Waals surface area (Å²) in [7, 11) is 0. The molecule has 0 bridgehead atoms. The Balaban J connectivity index is 1.90. The van der Waals surface area contributed by atoms with E-state index in [2.05, 4.69) is 20.8 Å². The van der Waals surface area contributed by atoms with Gasteiger partial charge in [0.1, 0.15) is 5.82 Å². The first-order valence-corrected chi connectivity index (χ1v) is 7.44. The van der Waals surface area contributed by atoms with E-state index in [-0.39, 0.29) is 12.4 Å². The molecule has 0 atom stereocenters. The summed E-state index contributed by atoms with van der Waals surface area (Å²) >= 11 is 3.20. The summed E-state index contributed by atoms with van der Waals surface area (Å²) < 4.78 is 13.7. The minimum Gasteiger partial charge on any atom is -0.480 e. The van der Waals surface area contributed by atoms with Gasteiger partial charge in [-0.05, 0) is 46.6 Å². The van der Waals surface area contributed by atoms with Crippen molar-refractivity contribution in [2.45, 2.75) is 13.0 Å². The van der Waals surface area contributed by atoms with Crippen LogP contribution in [0.5, 0.6) is 0 Å². The minimum atomic E-state index is -0.777. The molecule has 0 spiro atoms. The minimum absolute atomic E-state index is 0.107. The predicted molar refractivity (Wildman–Crippen MR) is 78.1 cm³/mol. The van der Waals surface area contributed by atoms with Crippen molar-refractivity contribution >= 4 is 21.9 Å². The molecule has 1 fully saturated rings. The quantitative estimate of drug-likeness (QED) is 0.909. The van der Waals surface area contributed by atoms with Crippen molar-refractivity contribution in [3.63, 3.8) is 0 Å². The monoisotopic (exact) mass is 344 g/mol. The number of rotatable bonds is 4. The highest BCUT2D eigenvalue weighted by Gasteiger charge is 2.17. The Kier molecular flexibility index (Phi) is 5.51. The lowest BCUT2D eigenvalue weighted by molar-refractivity contribution is -0.138. The molecule has 0 unspecified atom stereocenters. The summed E-state index contributed by atoms with van der Waals surface area (Å²) in [5, 5.41) is 8.82. The third-order valence-corrected chi connectivity index (χ3v) is 4.04. The molecule has 0 aromatic heterocycles. The number of nitrogens with zero attached hydrogens (tertiary/aromatic N) is 2. The van der Waals surface area contributed by atoms with E-state index < -0.39 is 5.97 Å². The van der Waals surface area contributed by atoms with Gasteiger partial charge in [0.25, 0.3) is 0 Å². The molecule has 110 valence electrons. The van der Waals surface area contributed by atoms with E-state index >= 15 is 0 Å². The summed E-state index contributed by atoms with van der Waals surface area (Å²) in [6.45, 7) is 4.22. The van der Waals surface area contributed by atoms with Crippen LogP contribution < -0.4 is 0 Å². The second kappa shape index (κ2) is 7.15. The first kappa shape index (κ1) is 15.4. The predicted octanol–water partition coefficient (Wildman–Crippen LogP) is 2.18. The molecule has 2 rings (SSSR count). The Hall–Kier alpha value is -0.980. The zero-order chi connectivity index (χ0) is 14.5. The van der Waals surface area contributed by atoms with Crippen molar-refractivity contribution in [3.05, 3.63) is 34.1 Å². The molecule has 20 heavy (non-hydrogen) atoms. The Morgan fingerprint density at radius 3 is 2.65 bits per heavy atom. The smallest absolute Gasteiger partial charge is 0.317 e. The third kappa shape index (κ3) is 4.54. The fourth-order valence-electron chi connectivity index (χ4n) is 2.43. The van der Waals surface area contributed by atoms with Crippen molar-refractivity contribution < 1.29 is 14.3 Å². The number of aliphatic carboxylic acids is 1. The van der Waals surface area contributed by atoms with Crippen LogP contribution in [-0.2, 0) is 11.3 Å². The van der Waals surface area contributed by atoms with Gasteiger partial charge in [0.05, 0.1) is 11.0 Å². The molecule has 1 N–H and O–H groups in total. The highest BCUT2D eigenvalue weighted by molar-refractivity contribution is 9.10. The molecule has 0 aliphatic carbocycles. The SMILES string of the molecule is O=C(O)CN1CCCN(Cc2ccc(F)c(Br)c2)CC1.